The second kappa shape index (κ2) is 8.89. The number of halogens is 1. The van der Waals surface area contributed by atoms with E-state index in [9.17, 15) is 14.0 Å². The van der Waals surface area contributed by atoms with Crippen LogP contribution in [0.3, 0.4) is 0 Å². The summed E-state index contributed by atoms with van der Waals surface area (Å²) >= 11 is 0. The second-order valence-electron chi connectivity index (χ2n) is 8.17. The van der Waals surface area contributed by atoms with Crippen LogP contribution in [0.1, 0.15) is 53.1 Å². The number of carboxylic acid groups (broad SMARTS) is 1. The highest BCUT2D eigenvalue weighted by Crippen LogP contribution is 2.34. The SMILES string of the molecule is Nn1cc(C2CCN(CCCC(=O)O)CC2)c2cc(C(=O)c3ccc(F)cc3)ccc21. The van der Waals surface area contributed by atoms with Crippen LogP contribution in [0.5, 0.6) is 0 Å². The summed E-state index contributed by atoms with van der Waals surface area (Å²) in [6.07, 6.45) is 4.73. The van der Waals surface area contributed by atoms with Crippen LogP contribution in [-0.2, 0) is 4.79 Å². The Bertz CT molecular complexity index is 1100. The Morgan fingerprint density at radius 3 is 2.42 bits per heavy atom. The zero-order valence-corrected chi connectivity index (χ0v) is 17.3. The van der Waals surface area contributed by atoms with Crippen molar-refractivity contribution in [2.45, 2.75) is 31.6 Å². The van der Waals surface area contributed by atoms with Crippen LogP contribution in [0.25, 0.3) is 10.9 Å². The average molecular weight is 423 g/mol. The largest absolute Gasteiger partial charge is 0.481 e. The van der Waals surface area contributed by atoms with Crippen LogP contribution in [0.2, 0.25) is 0 Å². The van der Waals surface area contributed by atoms with Crippen molar-refractivity contribution >= 4 is 22.7 Å². The summed E-state index contributed by atoms with van der Waals surface area (Å²) in [5.41, 5.74) is 3.01. The third-order valence-corrected chi connectivity index (χ3v) is 6.12. The number of ketones is 1. The van der Waals surface area contributed by atoms with E-state index in [0.717, 1.165) is 48.9 Å². The lowest BCUT2D eigenvalue weighted by atomic mass is 9.88. The topological polar surface area (TPSA) is 88.6 Å². The van der Waals surface area contributed by atoms with Crippen molar-refractivity contribution in [3.05, 3.63) is 71.2 Å². The maximum Gasteiger partial charge on any atom is 0.303 e. The maximum atomic E-state index is 13.2. The molecule has 0 radical (unpaired) electrons. The molecule has 0 spiro atoms. The third-order valence-electron chi connectivity index (χ3n) is 6.12. The number of piperidine rings is 1. The molecule has 1 saturated heterocycles. The highest BCUT2D eigenvalue weighted by atomic mass is 19.1. The Morgan fingerprint density at radius 1 is 1.06 bits per heavy atom. The summed E-state index contributed by atoms with van der Waals surface area (Å²) in [6, 6.07) is 11.1. The molecule has 6 nitrogen and oxygen atoms in total. The standard InChI is InChI=1S/C24H26FN3O3/c25-19-6-3-17(4-7-19)24(31)18-5-8-22-20(14-18)21(15-28(22)26)16-9-12-27(13-10-16)11-1-2-23(29)30/h3-8,14-16H,1-2,9-13,26H2,(H,29,30). The fraction of sp³-hybridized carbons (Fsp3) is 0.333. The number of nitrogen functional groups attached to an aromatic ring is 1. The highest BCUT2D eigenvalue weighted by molar-refractivity contribution is 6.10. The molecule has 1 fully saturated rings. The fourth-order valence-electron chi connectivity index (χ4n) is 4.44. The highest BCUT2D eigenvalue weighted by Gasteiger charge is 2.24. The van der Waals surface area contributed by atoms with Gasteiger partial charge in [0.1, 0.15) is 5.82 Å². The first kappa shape index (κ1) is 21.1. The number of carbonyl (C=O) groups excluding carboxylic acids is 1. The zero-order chi connectivity index (χ0) is 22.0. The van der Waals surface area contributed by atoms with E-state index in [4.69, 9.17) is 10.9 Å². The average Bonchev–Trinajstić information content (AvgIpc) is 3.10. The molecule has 0 unspecified atom stereocenters. The molecule has 1 aliphatic heterocycles. The van der Waals surface area contributed by atoms with Crippen molar-refractivity contribution < 1.29 is 19.1 Å². The van der Waals surface area contributed by atoms with Gasteiger partial charge in [-0.2, -0.15) is 0 Å². The minimum absolute atomic E-state index is 0.147. The summed E-state index contributed by atoms with van der Waals surface area (Å²) < 4.78 is 14.8. The number of hydrogen-bond acceptors (Lipinski definition) is 4. The molecule has 1 aromatic heterocycles. The number of rotatable bonds is 7. The number of carbonyl (C=O) groups is 2. The lowest BCUT2D eigenvalue weighted by molar-refractivity contribution is -0.137. The molecule has 31 heavy (non-hydrogen) atoms. The Morgan fingerprint density at radius 2 is 1.74 bits per heavy atom. The summed E-state index contributed by atoms with van der Waals surface area (Å²) in [6.45, 7) is 2.62. The van der Waals surface area contributed by atoms with Gasteiger partial charge < -0.3 is 15.8 Å². The number of likely N-dealkylation sites (tertiary alicyclic amines) is 1. The third kappa shape index (κ3) is 4.61. The van der Waals surface area contributed by atoms with Gasteiger partial charge >= 0.3 is 5.97 Å². The number of aromatic nitrogens is 1. The molecule has 0 bridgehead atoms. The molecular formula is C24H26FN3O3. The predicted octanol–water partition coefficient (Wildman–Crippen LogP) is 3.77. The lowest BCUT2D eigenvalue weighted by Crippen LogP contribution is -2.33. The first-order valence-electron chi connectivity index (χ1n) is 10.6. The van der Waals surface area contributed by atoms with Crippen LogP contribution in [0.15, 0.2) is 48.7 Å². The predicted molar refractivity (Wildman–Crippen MR) is 117 cm³/mol. The van der Waals surface area contributed by atoms with Gasteiger partial charge in [-0.15, -0.1) is 0 Å². The number of aliphatic carboxylic acids is 1. The minimum Gasteiger partial charge on any atom is -0.481 e. The number of fused-ring (bicyclic) bond motifs is 1. The molecule has 3 aromatic rings. The van der Waals surface area contributed by atoms with Crippen molar-refractivity contribution in [3.63, 3.8) is 0 Å². The molecule has 1 aliphatic rings. The minimum atomic E-state index is -0.753. The van der Waals surface area contributed by atoms with Crippen LogP contribution < -0.4 is 5.84 Å². The number of nitrogens with two attached hydrogens (primary N) is 1. The van der Waals surface area contributed by atoms with Crippen LogP contribution >= 0.6 is 0 Å². The van der Waals surface area contributed by atoms with E-state index in [1.807, 2.05) is 18.3 Å². The monoisotopic (exact) mass is 423 g/mol. The van der Waals surface area contributed by atoms with Gasteiger partial charge in [-0.1, -0.05) is 0 Å². The molecule has 0 aliphatic carbocycles. The summed E-state index contributed by atoms with van der Waals surface area (Å²) in [7, 11) is 0. The van der Waals surface area contributed by atoms with Gasteiger partial charge in [0.2, 0.25) is 0 Å². The van der Waals surface area contributed by atoms with Crippen LogP contribution in [-0.4, -0.2) is 46.1 Å². The van der Waals surface area contributed by atoms with E-state index in [-0.39, 0.29) is 18.0 Å². The van der Waals surface area contributed by atoms with Crippen LogP contribution in [0.4, 0.5) is 4.39 Å². The van der Waals surface area contributed by atoms with E-state index in [1.54, 1.807) is 10.7 Å². The molecule has 162 valence electrons. The normalized spacial score (nSPS) is 15.4. The van der Waals surface area contributed by atoms with E-state index >= 15 is 0 Å². The number of carboxylic acids is 1. The number of benzene rings is 2. The Labute approximate surface area is 180 Å². The first-order chi connectivity index (χ1) is 14.9. The maximum absolute atomic E-state index is 13.2. The lowest BCUT2D eigenvalue weighted by Gasteiger charge is -2.31. The molecule has 0 amide bonds. The smallest absolute Gasteiger partial charge is 0.303 e. The van der Waals surface area contributed by atoms with E-state index in [2.05, 4.69) is 4.90 Å². The molecule has 4 rings (SSSR count). The van der Waals surface area contributed by atoms with Crippen molar-refractivity contribution in [3.8, 4) is 0 Å². The van der Waals surface area contributed by atoms with Crippen LogP contribution in [0, 0.1) is 5.82 Å². The second-order valence-corrected chi connectivity index (χ2v) is 8.17. The Kier molecular flexibility index (Phi) is 6.04. The Balaban J connectivity index is 1.52. The first-order valence-corrected chi connectivity index (χ1v) is 10.6. The van der Waals surface area contributed by atoms with Crippen molar-refractivity contribution in [2.75, 3.05) is 25.5 Å². The number of nitrogens with zero attached hydrogens (tertiary/aromatic N) is 2. The molecule has 0 saturated carbocycles. The zero-order valence-electron chi connectivity index (χ0n) is 17.3. The van der Waals surface area contributed by atoms with Gasteiger partial charge in [0, 0.05) is 29.1 Å². The van der Waals surface area contributed by atoms with E-state index < -0.39 is 5.97 Å². The summed E-state index contributed by atoms with van der Waals surface area (Å²) in [5, 5.41) is 9.78. The molecule has 0 atom stereocenters. The fourth-order valence-corrected chi connectivity index (χ4v) is 4.44. The molecule has 2 heterocycles. The van der Waals surface area contributed by atoms with Gasteiger partial charge in [0.25, 0.3) is 0 Å². The number of hydrogen-bond donors (Lipinski definition) is 2. The van der Waals surface area contributed by atoms with E-state index in [0.29, 0.717) is 23.5 Å². The van der Waals surface area contributed by atoms with E-state index in [1.165, 1.54) is 24.3 Å². The van der Waals surface area contributed by atoms with Gasteiger partial charge in [0.15, 0.2) is 5.78 Å². The van der Waals surface area contributed by atoms with Crippen molar-refractivity contribution in [1.82, 2.24) is 9.58 Å². The molecular weight excluding hydrogens is 397 g/mol. The molecule has 3 N–H and O–H groups in total. The summed E-state index contributed by atoms with van der Waals surface area (Å²) in [4.78, 5) is 25.9. The van der Waals surface area contributed by atoms with Gasteiger partial charge in [-0.25, -0.2) is 4.39 Å². The van der Waals surface area contributed by atoms with Crippen molar-refractivity contribution in [1.29, 1.82) is 0 Å². The van der Waals surface area contributed by atoms with Gasteiger partial charge in [0.05, 0.1) is 5.52 Å². The van der Waals surface area contributed by atoms with Crippen molar-refractivity contribution in [2.24, 2.45) is 0 Å². The molecule has 2 aromatic carbocycles. The van der Waals surface area contributed by atoms with Gasteiger partial charge in [-0.05, 0) is 92.8 Å². The summed E-state index contributed by atoms with van der Waals surface area (Å²) in [5.74, 6) is 5.24. The molecule has 7 heteroatoms. The Hall–Kier alpha value is -3.19. The van der Waals surface area contributed by atoms with Gasteiger partial charge in [-0.3, -0.25) is 14.3 Å². The quantitative estimate of drug-likeness (QED) is 0.446.